The van der Waals surface area contributed by atoms with E-state index in [1.54, 1.807) is 42.5 Å². The lowest BCUT2D eigenvalue weighted by Crippen LogP contribution is -2.17. The zero-order chi connectivity index (χ0) is 25.2. The number of esters is 1. The number of nitro benzene ring substituents is 1. The molecular weight excluding hydrogens is 456 g/mol. The molecule has 10 nitrogen and oxygen atoms in total. The van der Waals surface area contributed by atoms with Crippen molar-refractivity contribution in [3.05, 3.63) is 100 Å². The van der Waals surface area contributed by atoms with Crippen molar-refractivity contribution in [1.82, 2.24) is 0 Å². The Morgan fingerprint density at radius 2 is 1.63 bits per heavy atom. The number of benzene rings is 2. The van der Waals surface area contributed by atoms with Gasteiger partial charge in [-0.05, 0) is 60.7 Å². The maximum absolute atomic E-state index is 12.2. The highest BCUT2D eigenvalue weighted by Gasteiger charge is 2.14. The summed E-state index contributed by atoms with van der Waals surface area (Å²) in [6.45, 7) is -0.540. The number of furan rings is 1. The van der Waals surface area contributed by atoms with Crippen LogP contribution in [0.3, 0.4) is 0 Å². The minimum atomic E-state index is -0.736. The van der Waals surface area contributed by atoms with Crippen LogP contribution in [0.15, 0.2) is 77.4 Å². The number of anilines is 1. The fourth-order valence-electron chi connectivity index (χ4n) is 2.87. The minimum absolute atomic E-state index is 0.160. The molecule has 3 aromatic rings. The third kappa shape index (κ3) is 7.60. The molecule has 2 aromatic carbocycles. The van der Waals surface area contributed by atoms with Crippen LogP contribution >= 0.6 is 0 Å². The molecule has 0 aliphatic rings. The number of Topliss-reactive ketones (excluding diaryl/α,β-unsaturated/α-hetero) is 1. The Kier molecular flexibility index (Phi) is 8.38. The normalized spacial score (nSPS) is 10.6. The number of nitro groups is 1. The third-order valence-electron chi connectivity index (χ3n) is 4.72. The van der Waals surface area contributed by atoms with Crippen LogP contribution in [0.4, 0.5) is 11.4 Å². The van der Waals surface area contributed by atoms with Crippen molar-refractivity contribution in [1.29, 1.82) is 0 Å². The van der Waals surface area contributed by atoms with E-state index in [1.165, 1.54) is 36.6 Å². The standard InChI is InChI=1S/C25H20N2O8/c28-22(12-11-21-2-1-15-34-21)17-3-7-19(8-4-17)26-24(30)13-14-25(31)35-16-23(29)18-5-9-20(10-6-18)27(32)33/h1-12,15H,13-14,16H2,(H,26,30)/b12-11+. The quantitative estimate of drug-likeness (QED) is 0.142. The van der Waals surface area contributed by atoms with E-state index in [1.807, 2.05) is 0 Å². The second kappa shape index (κ2) is 11.8. The van der Waals surface area contributed by atoms with Gasteiger partial charge in [0.25, 0.3) is 5.69 Å². The van der Waals surface area contributed by atoms with Gasteiger partial charge in [-0.1, -0.05) is 0 Å². The molecule has 1 amide bonds. The average Bonchev–Trinajstić information content (AvgIpc) is 3.39. The molecule has 0 atom stereocenters. The van der Waals surface area contributed by atoms with Gasteiger partial charge in [-0.2, -0.15) is 0 Å². The first-order valence-corrected chi connectivity index (χ1v) is 10.4. The summed E-state index contributed by atoms with van der Waals surface area (Å²) in [7, 11) is 0. The van der Waals surface area contributed by atoms with E-state index in [0.29, 0.717) is 17.0 Å². The maximum Gasteiger partial charge on any atom is 0.306 e. The fraction of sp³-hybridized carbons (Fsp3) is 0.120. The van der Waals surface area contributed by atoms with Gasteiger partial charge in [0, 0.05) is 35.4 Å². The number of non-ortho nitro benzene ring substituents is 1. The number of hydrogen-bond donors (Lipinski definition) is 1. The third-order valence-corrected chi connectivity index (χ3v) is 4.72. The van der Waals surface area contributed by atoms with Gasteiger partial charge in [-0.25, -0.2) is 0 Å². The number of nitrogens with one attached hydrogen (secondary N) is 1. The van der Waals surface area contributed by atoms with Crippen molar-refractivity contribution in [3.8, 4) is 0 Å². The molecule has 0 spiro atoms. The molecule has 0 saturated heterocycles. The Morgan fingerprint density at radius 1 is 0.943 bits per heavy atom. The number of carbonyl (C=O) groups is 4. The molecule has 178 valence electrons. The highest BCUT2D eigenvalue weighted by molar-refractivity contribution is 6.07. The van der Waals surface area contributed by atoms with Gasteiger partial charge in [-0.15, -0.1) is 0 Å². The Morgan fingerprint density at radius 3 is 2.26 bits per heavy atom. The first-order chi connectivity index (χ1) is 16.8. The van der Waals surface area contributed by atoms with E-state index in [4.69, 9.17) is 9.15 Å². The molecule has 0 unspecified atom stereocenters. The lowest BCUT2D eigenvalue weighted by molar-refractivity contribution is -0.384. The molecule has 1 aromatic heterocycles. The van der Waals surface area contributed by atoms with E-state index in [0.717, 1.165) is 0 Å². The number of ketones is 2. The van der Waals surface area contributed by atoms with Crippen LogP contribution in [-0.4, -0.2) is 35.0 Å². The topological polar surface area (TPSA) is 146 Å². The van der Waals surface area contributed by atoms with Crippen LogP contribution in [0.25, 0.3) is 6.08 Å². The first kappa shape index (κ1) is 24.8. The van der Waals surface area contributed by atoms with Crippen LogP contribution in [-0.2, 0) is 14.3 Å². The van der Waals surface area contributed by atoms with E-state index >= 15 is 0 Å². The van der Waals surface area contributed by atoms with Crippen molar-refractivity contribution >= 4 is 40.9 Å². The highest BCUT2D eigenvalue weighted by Crippen LogP contribution is 2.14. The second-order valence-corrected chi connectivity index (χ2v) is 7.23. The summed E-state index contributed by atoms with van der Waals surface area (Å²) < 4.78 is 10.00. The van der Waals surface area contributed by atoms with Crippen LogP contribution in [0.2, 0.25) is 0 Å². The van der Waals surface area contributed by atoms with Gasteiger partial charge < -0.3 is 14.5 Å². The fourth-order valence-corrected chi connectivity index (χ4v) is 2.87. The Labute approximate surface area is 199 Å². The van der Waals surface area contributed by atoms with Crippen molar-refractivity contribution in [2.45, 2.75) is 12.8 Å². The molecule has 0 aliphatic heterocycles. The number of ether oxygens (including phenoxy) is 1. The lowest BCUT2D eigenvalue weighted by atomic mass is 10.1. The number of carbonyl (C=O) groups excluding carboxylic acids is 4. The molecular formula is C25H20N2O8. The molecule has 0 aliphatic carbocycles. The van der Waals surface area contributed by atoms with Crippen LogP contribution in [0.1, 0.15) is 39.3 Å². The zero-order valence-electron chi connectivity index (χ0n) is 18.3. The molecule has 10 heteroatoms. The Bertz CT molecular complexity index is 1240. The molecule has 0 saturated carbocycles. The first-order valence-electron chi connectivity index (χ1n) is 10.4. The molecule has 0 bridgehead atoms. The summed E-state index contributed by atoms with van der Waals surface area (Å²) in [5.74, 6) is -1.38. The predicted octanol–water partition coefficient (Wildman–Crippen LogP) is 4.23. The van der Waals surface area contributed by atoms with E-state index < -0.39 is 29.2 Å². The van der Waals surface area contributed by atoms with Gasteiger partial charge in [0.2, 0.25) is 5.91 Å². The van der Waals surface area contributed by atoms with E-state index in [9.17, 15) is 29.3 Å². The van der Waals surface area contributed by atoms with Crippen molar-refractivity contribution < 1.29 is 33.3 Å². The van der Waals surface area contributed by atoms with Gasteiger partial charge in [-0.3, -0.25) is 29.3 Å². The van der Waals surface area contributed by atoms with Crippen LogP contribution in [0, 0.1) is 10.1 Å². The van der Waals surface area contributed by atoms with Crippen molar-refractivity contribution in [2.24, 2.45) is 0 Å². The summed E-state index contributed by atoms with van der Waals surface area (Å²) in [5, 5.41) is 13.3. The number of rotatable bonds is 11. The molecule has 0 radical (unpaired) electrons. The van der Waals surface area contributed by atoms with E-state index in [-0.39, 0.29) is 29.9 Å². The SMILES string of the molecule is O=C(CCC(=O)OCC(=O)c1ccc([N+](=O)[O-])cc1)Nc1ccc(C(=O)/C=C/c2ccco2)cc1. The Hall–Kier alpha value is -4.86. The number of nitrogens with zero attached hydrogens (tertiary/aromatic N) is 1. The number of allylic oxidation sites excluding steroid dienone is 1. The second-order valence-electron chi connectivity index (χ2n) is 7.23. The predicted molar refractivity (Wildman–Crippen MR) is 125 cm³/mol. The van der Waals surface area contributed by atoms with Crippen molar-refractivity contribution in [2.75, 3.05) is 11.9 Å². The largest absolute Gasteiger partial charge is 0.465 e. The lowest BCUT2D eigenvalue weighted by Gasteiger charge is -2.07. The maximum atomic E-state index is 12.2. The summed E-state index contributed by atoms with van der Waals surface area (Å²) in [5.41, 5.74) is 0.877. The summed E-state index contributed by atoms with van der Waals surface area (Å²) in [6.07, 6.45) is 4.02. The smallest absolute Gasteiger partial charge is 0.306 e. The summed E-state index contributed by atoms with van der Waals surface area (Å²) in [6, 6.07) is 14.6. The molecule has 1 heterocycles. The van der Waals surface area contributed by atoms with Gasteiger partial charge in [0.15, 0.2) is 18.2 Å². The number of amides is 1. The molecule has 35 heavy (non-hydrogen) atoms. The van der Waals surface area contributed by atoms with Gasteiger partial charge in [0.1, 0.15) is 5.76 Å². The van der Waals surface area contributed by atoms with Crippen LogP contribution < -0.4 is 5.32 Å². The molecule has 0 fully saturated rings. The van der Waals surface area contributed by atoms with Crippen molar-refractivity contribution in [3.63, 3.8) is 0 Å². The van der Waals surface area contributed by atoms with E-state index in [2.05, 4.69) is 5.32 Å². The van der Waals surface area contributed by atoms with Crippen LogP contribution in [0.5, 0.6) is 0 Å². The monoisotopic (exact) mass is 476 g/mol. The molecule has 1 N–H and O–H groups in total. The average molecular weight is 476 g/mol. The Balaban J connectivity index is 1.39. The van der Waals surface area contributed by atoms with Gasteiger partial charge >= 0.3 is 5.97 Å². The minimum Gasteiger partial charge on any atom is -0.465 e. The summed E-state index contributed by atoms with van der Waals surface area (Å²) >= 11 is 0. The zero-order valence-corrected chi connectivity index (χ0v) is 18.3. The summed E-state index contributed by atoms with van der Waals surface area (Å²) in [4.78, 5) is 58.2. The van der Waals surface area contributed by atoms with Gasteiger partial charge in [0.05, 0.1) is 17.6 Å². The number of hydrogen-bond acceptors (Lipinski definition) is 8. The molecule has 3 rings (SSSR count). The highest BCUT2D eigenvalue weighted by atomic mass is 16.6.